The minimum atomic E-state index is -0.650. The molecule has 1 aromatic heterocycles. The molecule has 298 valence electrons. The van der Waals surface area contributed by atoms with Crippen molar-refractivity contribution in [2.45, 2.75) is 5.41 Å². The Labute approximate surface area is 371 Å². The van der Waals surface area contributed by atoms with Crippen LogP contribution in [-0.4, -0.2) is 15.0 Å². The quantitative estimate of drug-likeness (QED) is 0.167. The molecule has 0 radical (unpaired) electrons. The lowest BCUT2D eigenvalue weighted by atomic mass is 9.65. The molecule has 9 aromatic carbocycles. The third-order valence-corrected chi connectivity index (χ3v) is 12.7. The summed E-state index contributed by atoms with van der Waals surface area (Å²) < 4.78 is 6.65. The van der Waals surface area contributed by atoms with Gasteiger partial charge >= 0.3 is 0 Å². The smallest absolute Gasteiger partial charge is 0.164 e. The number of fused-ring (bicyclic) bond motifs is 9. The van der Waals surface area contributed by atoms with Crippen LogP contribution in [0.3, 0.4) is 0 Å². The molecule has 0 saturated heterocycles. The van der Waals surface area contributed by atoms with E-state index in [0.717, 1.165) is 72.7 Å². The highest BCUT2D eigenvalue weighted by Gasteiger charge is 2.51. The van der Waals surface area contributed by atoms with E-state index in [0.29, 0.717) is 23.0 Å². The van der Waals surface area contributed by atoms with Crippen molar-refractivity contribution in [3.63, 3.8) is 0 Å². The van der Waals surface area contributed by atoms with Crippen LogP contribution in [0.25, 0.3) is 78.7 Å². The Morgan fingerprint density at radius 2 is 0.672 bits per heavy atom. The second kappa shape index (κ2) is 15.0. The van der Waals surface area contributed by atoms with Crippen molar-refractivity contribution in [2.24, 2.45) is 0 Å². The van der Waals surface area contributed by atoms with Crippen LogP contribution in [0.4, 0.5) is 0 Å². The fourth-order valence-corrected chi connectivity index (χ4v) is 9.60. The number of hydrogen-bond acceptors (Lipinski definition) is 5. The summed E-state index contributed by atoms with van der Waals surface area (Å²) in [5, 5.41) is 9.51. The molecule has 0 fully saturated rings. The van der Waals surface area contributed by atoms with Gasteiger partial charge in [-0.3, -0.25) is 0 Å². The van der Waals surface area contributed by atoms with Gasteiger partial charge in [0.2, 0.25) is 0 Å². The largest absolute Gasteiger partial charge is 0.457 e. The fourth-order valence-electron chi connectivity index (χ4n) is 9.60. The molecule has 2 aliphatic rings. The average molecular weight is 817 g/mol. The van der Waals surface area contributed by atoms with Crippen LogP contribution >= 0.6 is 0 Å². The summed E-state index contributed by atoms with van der Waals surface area (Å²) in [7, 11) is 0. The van der Waals surface area contributed by atoms with E-state index in [-0.39, 0.29) is 0 Å². The maximum atomic E-state index is 9.51. The lowest BCUT2D eigenvalue weighted by molar-refractivity contribution is 0.436. The van der Waals surface area contributed by atoms with Crippen molar-refractivity contribution in [2.75, 3.05) is 0 Å². The number of ether oxygens (including phenoxy) is 1. The SMILES string of the molecule is N#Cc1ccc(-c2ccc3c(c2)C2(c4ccccc4Oc4ccccc42)c2cc(-c4ccc(-c5nc(-c6ccccc6)nc(-c6ccc(-c7ccccc7)cc6)n5)cc4)ccc2-3)cc1. The van der Waals surface area contributed by atoms with Crippen LogP contribution in [0.5, 0.6) is 11.5 Å². The van der Waals surface area contributed by atoms with Gasteiger partial charge in [-0.15, -0.1) is 0 Å². The molecule has 0 saturated carbocycles. The Hall–Kier alpha value is -8.72. The number of hydrogen-bond donors (Lipinski definition) is 0. The minimum absolute atomic E-state index is 0.611. The molecule has 0 N–H and O–H groups in total. The summed E-state index contributed by atoms with van der Waals surface area (Å²) in [6, 6.07) is 78.1. The molecule has 0 bridgehead atoms. The van der Waals surface area contributed by atoms with Crippen molar-refractivity contribution in [3.8, 4) is 96.2 Å². The van der Waals surface area contributed by atoms with Gasteiger partial charge in [0.1, 0.15) is 11.5 Å². The summed E-state index contributed by atoms with van der Waals surface area (Å²) in [6.45, 7) is 0. The van der Waals surface area contributed by atoms with Crippen LogP contribution in [0.15, 0.2) is 218 Å². The van der Waals surface area contributed by atoms with Crippen molar-refractivity contribution in [3.05, 3.63) is 246 Å². The van der Waals surface area contributed by atoms with Crippen LogP contribution in [0.2, 0.25) is 0 Å². The van der Waals surface area contributed by atoms with Crippen LogP contribution in [0, 0.1) is 11.3 Å². The van der Waals surface area contributed by atoms with Gasteiger partial charge in [0.15, 0.2) is 17.5 Å². The fraction of sp³-hybridized carbons (Fsp3) is 0.0169. The molecule has 5 nitrogen and oxygen atoms in total. The normalized spacial score (nSPS) is 12.6. The molecule has 1 aliphatic heterocycles. The number of rotatable bonds is 6. The highest BCUT2D eigenvalue weighted by atomic mass is 16.5. The van der Waals surface area contributed by atoms with E-state index in [2.05, 4.69) is 152 Å². The predicted molar refractivity (Wildman–Crippen MR) is 255 cm³/mol. The number of aromatic nitrogens is 3. The molecule has 64 heavy (non-hydrogen) atoms. The molecule has 10 aromatic rings. The van der Waals surface area contributed by atoms with Gasteiger partial charge in [-0.05, 0) is 92.0 Å². The van der Waals surface area contributed by atoms with E-state index in [1.165, 1.54) is 22.3 Å². The second-order valence-corrected chi connectivity index (χ2v) is 16.2. The summed E-state index contributed by atoms with van der Waals surface area (Å²) in [4.78, 5) is 15.1. The third kappa shape index (κ3) is 6.04. The van der Waals surface area contributed by atoms with Gasteiger partial charge in [-0.25, -0.2) is 15.0 Å². The van der Waals surface area contributed by atoms with E-state index in [9.17, 15) is 5.26 Å². The van der Waals surface area contributed by atoms with E-state index >= 15 is 0 Å². The molecular formula is C59H36N4O. The summed E-state index contributed by atoms with van der Waals surface area (Å²) >= 11 is 0. The molecule has 12 rings (SSSR count). The second-order valence-electron chi connectivity index (χ2n) is 16.2. The number of para-hydroxylation sites is 2. The molecule has 0 unspecified atom stereocenters. The number of nitriles is 1. The summed E-state index contributed by atoms with van der Waals surface area (Å²) in [6.07, 6.45) is 0. The monoisotopic (exact) mass is 816 g/mol. The van der Waals surface area contributed by atoms with E-state index in [4.69, 9.17) is 19.7 Å². The van der Waals surface area contributed by atoms with Gasteiger partial charge in [0.25, 0.3) is 0 Å². The number of nitrogens with zero attached hydrogens (tertiary/aromatic N) is 4. The first-order valence-electron chi connectivity index (χ1n) is 21.4. The number of benzene rings is 9. The first-order valence-corrected chi connectivity index (χ1v) is 21.4. The first-order chi connectivity index (χ1) is 31.6. The van der Waals surface area contributed by atoms with E-state index in [1.807, 2.05) is 72.8 Å². The highest BCUT2D eigenvalue weighted by Crippen LogP contribution is 2.62. The van der Waals surface area contributed by atoms with Crippen molar-refractivity contribution < 1.29 is 4.74 Å². The van der Waals surface area contributed by atoms with E-state index < -0.39 is 5.41 Å². The van der Waals surface area contributed by atoms with Crippen molar-refractivity contribution >= 4 is 0 Å². The standard InChI is InChI=1S/C59H36N4O/c60-37-38-19-21-41(22-20-38)46-31-33-48-49-34-32-47(36-53(49)59(52(48)35-46)50-15-7-9-17-54(50)64-55-18-10-8-16-51(55)59)42-25-29-45(30-26-42)58-62-56(43-13-5-2-6-14-43)61-57(63-58)44-27-23-40(24-28-44)39-11-3-1-4-12-39/h1-36H. The lowest BCUT2D eigenvalue weighted by Gasteiger charge is -2.39. The highest BCUT2D eigenvalue weighted by molar-refractivity contribution is 5.92. The summed E-state index contributed by atoms with van der Waals surface area (Å²) in [5.41, 5.74) is 16.4. The van der Waals surface area contributed by atoms with Crippen molar-refractivity contribution in [1.29, 1.82) is 5.26 Å². The van der Waals surface area contributed by atoms with Gasteiger partial charge in [0.05, 0.1) is 17.0 Å². The molecule has 0 atom stereocenters. The summed E-state index contributed by atoms with van der Waals surface area (Å²) in [5.74, 6) is 3.55. The molecular weight excluding hydrogens is 781 g/mol. The van der Waals surface area contributed by atoms with Gasteiger partial charge in [-0.2, -0.15) is 5.26 Å². The van der Waals surface area contributed by atoms with Gasteiger partial charge < -0.3 is 4.74 Å². The molecule has 0 amide bonds. The Balaban J connectivity index is 0.971. The molecule has 1 aliphatic carbocycles. The zero-order valence-electron chi connectivity index (χ0n) is 34.5. The maximum Gasteiger partial charge on any atom is 0.164 e. The van der Waals surface area contributed by atoms with Crippen LogP contribution in [0.1, 0.15) is 27.8 Å². The maximum absolute atomic E-state index is 9.51. The molecule has 5 heteroatoms. The Kier molecular flexibility index (Phi) is 8.70. The Morgan fingerprint density at radius 1 is 0.328 bits per heavy atom. The van der Waals surface area contributed by atoms with Crippen LogP contribution in [-0.2, 0) is 5.41 Å². The van der Waals surface area contributed by atoms with Crippen molar-refractivity contribution in [1.82, 2.24) is 15.0 Å². The average Bonchev–Trinajstić information content (AvgIpc) is 3.66. The first kappa shape index (κ1) is 37.1. The predicted octanol–water partition coefficient (Wildman–Crippen LogP) is 14.2. The zero-order valence-corrected chi connectivity index (χ0v) is 34.5. The van der Waals surface area contributed by atoms with Gasteiger partial charge in [-0.1, -0.05) is 182 Å². The Bertz CT molecular complexity index is 3400. The molecule has 1 spiro atoms. The van der Waals surface area contributed by atoms with Gasteiger partial charge in [0, 0.05) is 27.8 Å². The van der Waals surface area contributed by atoms with Crippen LogP contribution < -0.4 is 4.74 Å². The third-order valence-electron chi connectivity index (χ3n) is 12.7. The van der Waals surface area contributed by atoms with E-state index in [1.54, 1.807) is 0 Å². The lowest BCUT2D eigenvalue weighted by Crippen LogP contribution is -2.32. The topological polar surface area (TPSA) is 71.7 Å². The Morgan fingerprint density at radius 3 is 1.14 bits per heavy atom. The molecule has 2 heterocycles. The minimum Gasteiger partial charge on any atom is -0.457 e. The zero-order chi connectivity index (χ0) is 42.6.